The topological polar surface area (TPSA) is 73.2 Å². The predicted molar refractivity (Wildman–Crippen MR) is 133 cm³/mol. The Balaban J connectivity index is 1.65. The second-order valence-corrected chi connectivity index (χ2v) is 9.27. The average molecular weight is 498 g/mol. The lowest BCUT2D eigenvalue weighted by atomic mass is 10.2. The van der Waals surface area contributed by atoms with Gasteiger partial charge in [-0.15, -0.1) is 0 Å². The number of para-hydroxylation sites is 1. The number of anilines is 1. The first-order valence-corrected chi connectivity index (χ1v) is 11.7. The summed E-state index contributed by atoms with van der Waals surface area (Å²) in [6.45, 7) is 1.94. The predicted octanol–water partition coefficient (Wildman–Crippen LogP) is 5.37. The molecule has 1 heterocycles. The monoisotopic (exact) mass is 497 g/mol. The van der Waals surface area contributed by atoms with E-state index >= 15 is 0 Å². The molecule has 3 aromatic carbocycles. The van der Waals surface area contributed by atoms with Crippen molar-refractivity contribution in [1.82, 2.24) is 9.55 Å². The van der Waals surface area contributed by atoms with Crippen LogP contribution in [0, 0.1) is 5.82 Å². The molecule has 4 aromatic rings. The van der Waals surface area contributed by atoms with Gasteiger partial charge in [0, 0.05) is 5.02 Å². The number of carbonyl (C=O) groups excluding carboxylic acids is 1. The fourth-order valence-corrected chi connectivity index (χ4v) is 4.39. The Morgan fingerprint density at radius 2 is 1.91 bits per heavy atom. The largest absolute Gasteiger partial charge is 0.497 e. The third kappa shape index (κ3) is 5.24. The van der Waals surface area contributed by atoms with E-state index in [0.717, 1.165) is 23.4 Å². The number of hydrogen-bond acceptors (Lipinski definition) is 5. The molecule has 0 aliphatic rings. The average Bonchev–Trinajstić information content (AvgIpc) is 2.83. The number of amides is 1. The van der Waals surface area contributed by atoms with Crippen LogP contribution in [0.4, 0.5) is 10.1 Å². The number of hydrogen-bond donors (Lipinski definition) is 1. The Kier molecular flexibility index (Phi) is 7.19. The second kappa shape index (κ2) is 10.3. The summed E-state index contributed by atoms with van der Waals surface area (Å²) in [4.78, 5) is 30.8. The van der Waals surface area contributed by atoms with Crippen LogP contribution in [0.2, 0.25) is 5.02 Å². The van der Waals surface area contributed by atoms with Gasteiger partial charge in [0.2, 0.25) is 5.91 Å². The van der Waals surface area contributed by atoms with Gasteiger partial charge < -0.3 is 10.1 Å². The summed E-state index contributed by atoms with van der Waals surface area (Å²) < 4.78 is 20.9. The maximum absolute atomic E-state index is 14.1. The highest BCUT2D eigenvalue weighted by atomic mass is 35.5. The Morgan fingerprint density at radius 1 is 1.18 bits per heavy atom. The van der Waals surface area contributed by atoms with Gasteiger partial charge in [-0.2, -0.15) is 0 Å². The Labute approximate surface area is 204 Å². The van der Waals surface area contributed by atoms with E-state index in [-0.39, 0.29) is 22.8 Å². The summed E-state index contributed by atoms with van der Waals surface area (Å²) in [5.74, 6) is -0.343. The number of halogens is 2. The molecule has 34 heavy (non-hydrogen) atoms. The smallest absolute Gasteiger partial charge is 0.262 e. The highest BCUT2D eigenvalue weighted by molar-refractivity contribution is 8.00. The van der Waals surface area contributed by atoms with Crippen LogP contribution in [0.3, 0.4) is 0 Å². The van der Waals surface area contributed by atoms with E-state index in [2.05, 4.69) is 10.3 Å². The third-order valence-electron chi connectivity index (χ3n) is 5.17. The molecule has 1 atom stereocenters. The van der Waals surface area contributed by atoms with Crippen LogP contribution in [0.1, 0.15) is 12.5 Å². The molecule has 174 valence electrons. The maximum Gasteiger partial charge on any atom is 0.262 e. The first-order chi connectivity index (χ1) is 16.4. The van der Waals surface area contributed by atoms with Crippen LogP contribution in [0.15, 0.2) is 76.7 Å². The first-order valence-electron chi connectivity index (χ1n) is 10.4. The molecule has 0 fully saturated rings. The van der Waals surface area contributed by atoms with Gasteiger partial charge in [-0.05, 0) is 55.0 Å². The van der Waals surface area contributed by atoms with Crippen molar-refractivity contribution in [3.05, 3.63) is 93.5 Å². The van der Waals surface area contributed by atoms with E-state index < -0.39 is 17.0 Å². The summed E-state index contributed by atoms with van der Waals surface area (Å²) in [6, 6.07) is 18.5. The lowest BCUT2D eigenvalue weighted by Gasteiger charge is -2.17. The van der Waals surface area contributed by atoms with E-state index in [4.69, 9.17) is 16.3 Å². The number of nitrogens with zero attached hydrogens (tertiary/aromatic N) is 2. The van der Waals surface area contributed by atoms with E-state index in [9.17, 15) is 14.0 Å². The molecule has 0 spiro atoms. The van der Waals surface area contributed by atoms with E-state index in [0.29, 0.717) is 21.8 Å². The Bertz CT molecular complexity index is 1410. The zero-order valence-electron chi connectivity index (χ0n) is 18.4. The fourth-order valence-electron chi connectivity index (χ4n) is 3.33. The minimum Gasteiger partial charge on any atom is -0.497 e. The highest BCUT2D eigenvalue weighted by Gasteiger charge is 2.21. The molecule has 0 saturated heterocycles. The number of rotatable bonds is 7. The molecule has 1 amide bonds. The standard InChI is InChI=1S/C25H21ClFN3O3S/c1-15(23(31)28-22-12-9-17(26)13-20(22)27)34-25-29-21-6-4-3-5-19(21)24(32)30(25)14-16-7-10-18(33-2)11-8-16/h3-13,15H,14H2,1-2H3,(H,28,31). The van der Waals surface area contributed by atoms with Crippen molar-refractivity contribution in [1.29, 1.82) is 0 Å². The number of nitrogens with one attached hydrogen (secondary N) is 1. The lowest BCUT2D eigenvalue weighted by molar-refractivity contribution is -0.115. The summed E-state index contributed by atoms with van der Waals surface area (Å²) in [5, 5.41) is 3.02. The number of ether oxygens (including phenoxy) is 1. The molecule has 0 aliphatic heterocycles. The zero-order chi connectivity index (χ0) is 24.2. The van der Waals surface area contributed by atoms with Gasteiger partial charge in [0.05, 0.1) is 35.5 Å². The van der Waals surface area contributed by atoms with Crippen LogP contribution in [-0.2, 0) is 11.3 Å². The summed E-state index contributed by atoms with van der Waals surface area (Å²) in [5.41, 5.74) is 1.24. The van der Waals surface area contributed by atoms with E-state index in [1.807, 2.05) is 24.3 Å². The highest BCUT2D eigenvalue weighted by Crippen LogP contribution is 2.26. The van der Waals surface area contributed by atoms with Crippen LogP contribution in [0.25, 0.3) is 10.9 Å². The van der Waals surface area contributed by atoms with Crippen molar-refractivity contribution in [3.8, 4) is 5.75 Å². The van der Waals surface area contributed by atoms with Crippen LogP contribution in [0.5, 0.6) is 5.75 Å². The van der Waals surface area contributed by atoms with Gasteiger partial charge in [-0.25, -0.2) is 9.37 Å². The summed E-state index contributed by atoms with van der Waals surface area (Å²) >= 11 is 6.91. The SMILES string of the molecule is COc1ccc(Cn2c(SC(C)C(=O)Nc3ccc(Cl)cc3F)nc3ccccc3c2=O)cc1. The molecule has 0 bridgehead atoms. The third-order valence-corrected chi connectivity index (χ3v) is 6.49. The molecule has 1 aromatic heterocycles. The number of thioether (sulfide) groups is 1. The number of benzene rings is 3. The fraction of sp³-hybridized carbons (Fsp3) is 0.160. The van der Waals surface area contributed by atoms with Crippen LogP contribution in [-0.4, -0.2) is 27.8 Å². The second-order valence-electron chi connectivity index (χ2n) is 7.52. The number of carbonyl (C=O) groups is 1. The lowest BCUT2D eigenvalue weighted by Crippen LogP contribution is -2.27. The quantitative estimate of drug-likeness (QED) is 0.275. The van der Waals surface area contributed by atoms with Crippen molar-refractivity contribution in [2.75, 3.05) is 12.4 Å². The number of fused-ring (bicyclic) bond motifs is 1. The molecule has 0 saturated carbocycles. The van der Waals surface area contributed by atoms with Crippen molar-refractivity contribution in [2.45, 2.75) is 23.9 Å². The Hall–Kier alpha value is -3.36. The molecule has 0 radical (unpaired) electrons. The minimum atomic E-state index is -0.662. The minimum absolute atomic E-state index is 0.0314. The normalized spacial score (nSPS) is 11.9. The molecule has 9 heteroatoms. The van der Waals surface area contributed by atoms with Gasteiger partial charge in [0.15, 0.2) is 5.16 Å². The van der Waals surface area contributed by atoms with Gasteiger partial charge in [0.25, 0.3) is 5.56 Å². The number of aromatic nitrogens is 2. The summed E-state index contributed by atoms with van der Waals surface area (Å²) in [6.07, 6.45) is 0. The van der Waals surface area contributed by atoms with Crippen LogP contribution >= 0.6 is 23.4 Å². The molecular formula is C25H21ClFN3O3S. The molecule has 1 N–H and O–H groups in total. The summed E-state index contributed by atoms with van der Waals surface area (Å²) in [7, 11) is 1.59. The first kappa shape index (κ1) is 23.8. The molecule has 4 rings (SSSR count). The van der Waals surface area contributed by atoms with Crippen molar-refractivity contribution >= 4 is 45.9 Å². The molecular weight excluding hydrogens is 477 g/mol. The maximum atomic E-state index is 14.1. The zero-order valence-corrected chi connectivity index (χ0v) is 20.0. The van der Waals surface area contributed by atoms with E-state index in [1.165, 1.54) is 12.1 Å². The molecule has 1 unspecified atom stereocenters. The van der Waals surface area contributed by atoms with Gasteiger partial charge in [-0.1, -0.05) is 47.6 Å². The van der Waals surface area contributed by atoms with E-state index in [1.54, 1.807) is 42.9 Å². The van der Waals surface area contributed by atoms with Gasteiger partial charge >= 0.3 is 0 Å². The molecule has 0 aliphatic carbocycles. The van der Waals surface area contributed by atoms with Gasteiger partial charge in [0.1, 0.15) is 11.6 Å². The van der Waals surface area contributed by atoms with Gasteiger partial charge in [-0.3, -0.25) is 14.2 Å². The Morgan fingerprint density at radius 3 is 2.62 bits per heavy atom. The van der Waals surface area contributed by atoms with Crippen molar-refractivity contribution in [3.63, 3.8) is 0 Å². The van der Waals surface area contributed by atoms with Crippen molar-refractivity contribution in [2.24, 2.45) is 0 Å². The van der Waals surface area contributed by atoms with Crippen LogP contribution < -0.4 is 15.6 Å². The molecule has 6 nitrogen and oxygen atoms in total. The number of methoxy groups -OCH3 is 1. The van der Waals surface area contributed by atoms with Crippen molar-refractivity contribution < 1.29 is 13.9 Å².